The Morgan fingerprint density at radius 3 is 2.64 bits per heavy atom. The van der Waals surface area contributed by atoms with E-state index in [0.717, 1.165) is 16.2 Å². The van der Waals surface area contributed by atoms with Crippen LogP contribution in [0.25, 0.3) is 16.7 Å². The van der Waals surface area contributed by atoms with E-state index in [-0.39, 0.29) is 16.2 Å². The number of hydrogen-bond acceptors (Lipinski definition) is 6. The number of nitrogens with zero attached hydrogens (tertiary/aromatic N) is 4. The van der Waals surface area contributed by atoms with Crippen molar-refractivity contribution in [1.29, 1.82) is 0 Å². The van der Waals surface area contributed by atoms with Crippen LogP contribution in [0.2, 0.25) is 0 Å². The lowest BCUT2D eigenvalue weighted by molar-refractivity contribution is -0.145. The van der Waals surface area contributed by atoms with Crippen LogP contribution in [0.15, 0.2) is 58.5 Å². The molecule has 28 heavy (non-hydrogen) atoms. The molecular formula is C18H11F3N4O2S. The van der Waals surface area contributed by atoms with Gasteiger partial charge < -0.3 is 4.74 Å². The number of hydrogen-bond donors (Lipinski definition) is 0. The summed E-state index contributed by atoms with van der Waals surface area (Å²) in [6, 6.07) is 13.0. The zero-order valence-electron chi connectivity index (χ0n) is 14.3. The van der Waals surface area contributed by atoms with Crippen molar-refractivity contribution in [3.8, 4) is 0 Å². The van der Waals surface area contributed by atoms with E-state index in [0.29, 0.717) is 16.0 Å². The van der Waals surface area contributed by atoms with Crippen LogP contribution in [0, 0.1) is 0 Å². The van der Waals surface area contributed by atoms with Gasteiger partial charge in [0.2, 0.25) is 5.82 Å². The fraction of sp³-hybridized carbons (Fsp3) is 0.111. The third-order valence-corrected chi connectivity index (χ3v) is 4.88. The fourth-order valence-electron chi connectivity index (χ4n) is 2.73. The number of ether oxygens (including phenoxy) is 1. The Kier molecular flexibility index (Phi) is 4.42. The summed E-state index contributed by atoms with van der Waals surface area (Å²) in [6.07, 6.45) is -4.67. The SMILES string of the molecule is COC(=O)c1cccc(Sc2nc3ccccc3n3c(C(F)(F)F)nnc23)c1. The summed E-state index contributed by atoms with van der Waals surface area (Å²) in [5.74, 6) is -1.63. The number of fused-ring (bicyclic) bond motifs is 3. The zero-order chi connectivity index (χ0) is 19.9. The highest BCUT2D eigenvalue weighted by Gasteiger charge is 2.38. The quantitative estimate of drug-likeness (QED) is 0.476. The predicted molar refractivity (Wildman–Crippen MR) is 95.2 cm³/mol. The maximum Gasteiger partial charge on any atom is 0.452 e. The normalized spacial score (nSPS) is 11.9. The van der Waals surface area contributed by atoms with Crippen molar-refractivity contribution in [3.63, 3.8) is 0 Å². The van der Waals surface area contributed by atoms with Gasteiger partial charge in [-0.2, -0.15) is 13.2 Å². The minimum Gasteiger partial charge on any atom is -0.465 e. The monoisotopic (exact) mass is 404 g/mol. The van der Waals surface area contributed by atoms with Crippen LogP contribution in [0.1, 0.15) is 16.2 Å². The van der Waals surface area contributed by atoms with E-state index in [2.05, 4.69) is 15.2 Å². The fourth-order valence-corrected chi connectivity index (χ4v) is 3.65. The summed E-state index contributed by atoms with van der Waals surface area (Å²) < 4.78 is 45.9. The average molecular weight is 404 g/mol. The van der Waals surface area contributed by atoms with Gasteiger partial charge in [-0.05, 0) is 30.3 Å². The number of esters is 1. The highest BCUT2D eigenvalue weighted by molar-refractivity contribution is 7.99. The summed E-state index contributed by atoms with van der Waals surface area (Å²) in [4.78, 5) is 16.8. The number of alkyl halides is 3. The highest BCUT2D eigenvalue weighted by atomic mass is 32.2. The molecule has 2 aromatic carbocycles. The first-order valence-electron chi connectivity index (χ1n) is 7.96. The van der Waals surface area contributed by atoms with Gasteiger partial charge in [0.05, 0.1) is 23.7 Å². The molecule has 10 heteroatoms. The first-order chi connectivity index (χ1) is 13.4. The number of carbonyl (C=O) groups excluding carboxylic acids is 1. The van der Waals surface area contributed by atoms with E-state index in [1.165, 1.54) is 13.2 Å². The van der Waals surface area contributed by atoms with Gasteiger partial charge in [-0.25, -0.2) is 9.78 Å². The minimum atomic E-state index is -4.67. The summed E-state index contributed by atoms with van der Waals surface area (Å²) in [5, 5.41) is 7.30. The summed E-state index contributed by atoms with van der Waals surface area (Å²) in [6.45, 7) is 0. The van der Waals surface area contributed by atoms with Gasteiger partial charge >= 0.3 is 12.1 Å². The second kappa shape index (κ2) is 6.79. The number of methoxy groups -OCH3 is 1. The molecule has 0 aliphatic rings. The van der Waals surface area contributed by atoms with Crippen LogP contribution in [0.4, 0.5) is 13.2 Å². The number of aromatic nitrogens is 4. The van der Waals surface area contributed by atoms with Crippen LogP contribution in [-0.2, 0) is 10.9 Å². The molecule has 0 saturated carbocycles. The molecule has 0 radical (unpaired) electrons. The first kappa shape index (κ1) is 18.2. The molecule has 0 aliphatic carbocycles. The first-order valence-corrected chi connectivity index (χ1v) is 8.77. The van der Waals surface area contributed by atoms with E-state index < -0.39 is 18.0 Å². The smallest absolute Gasteiger partial charge is 0.452 e. The van der Waals surface area contributed by atoms with Crippen molar-refractivity contribution in [1.82, 2.24) is 19.6 Å². The molecule has 0 N–H and O–H groups in total. The number of rotatable bonds is 3. The number of benzene rings is 2. The van der Waals surface area contributed by atoms with Gasteiger partial charge in [-0.3, -0.25) is 4.40 Å². The molecule has 2 heterocycles. The Hall–Kier alpha value is -3.14. The lowest BCUT2D eigenvalue weighted by atomic mass is 10.2. The van der Waals surface area contributed by atoms with Crippen molar-refractivity contribution in [2.45, 2.75) is 16.1 Å². The Labute approximate surface area is 160 Å². The lowest BCUT2D eigenvalue weighted by Gasteiger charge is -2.10. The molecule has 0 fully saturated rings. The van der Waals surface area contributed by atoms with Crippen LogP contribution in [0.3, 0.4) is 0 Å². The molecule has 2 aromatic heterocycles. The Balaban J connectivity index is 1.90. The molecule has 0 aliphatic heterocycles. The van der Waals surface area contributed by atoms with Crippen molar-refractivity contribution >= 4 is 34.4 Å². The van der Waals surface area contributed by atoms with Gasteiger partial charge in [-0.15, -0.1) is 10.2 Å². The Morgan fingerprint density at radius 1 is 1.11 bits per heavy atom. The largest absolute Gasteiger partial charge is 0.465 e. The van der Waals surface area contributed by atoms with E-state index in [1.54, 1.807) is 42.5 Å². The van der Waals surface area contributed by atoms with Crippen molar-refractivity contribution in [2.75, 3.05) is 7.11 Å². The summed E-state index contributed by atoms with van der Waals surface area (Å²) in [7, 11) is 1.27. The predicted octanol–water partition coefficient (Wildman–Crippen LogP) is 4.23. The van der Waals surface area contributed by atoms with Gasteiger partial charge in [0, 0.05) is 4.90 Å². The Bertz CT molecular complexity index is 1210. The second-order valence-electron chi connectivity index (χ2n) is 5.71. The maximum atomic E-state index is 13.4. The van der Waals surface area contributed by atoms with Crippen molar-refractivity contribution < 1.29 is 22.7 Å². The standard InChI is InChI=1S/C18H11F3N4O2S/c1-27-16(26)10-5-4-6-11(9-10)28-15-14-23-24-17(18(19,20)21)25(14)13-8-3-2-7-12(13)22-15/h2-9H,1H3. The summed E-state index contributed by atoms with van der Waals surface area (Å²) >= 11 is 1.09. The van der Waals surface area contributed by atoms with Gasteiger partial charge in [0.1, 0.15) is 5.03 Å². The summed E-state index contributed by atoms with van der Waals surface area (Å²) in [5.41, 5.74) is 0.927. The number of para-hydroxylation sites is 2. The molecule has 0 atom stereocenters. The van der Waals surface area contributed by atoms with Gasteiger partial charge in [0.25, 0.3) is 0 Å². The van der Waals surface area contributed by atoms with Crippen molar-refractivity contribution in [3.05, 3.63) is 59.9 Å². The van der Waals surface area contributed by atoms with Gasteiger partial charge in [-0.1, -0.05) is 30.0 Å². The van der Waals surface area contributed by atoms with E-state index in [1.807, 2.05) is 0 Å². The van der Waals surface area contributed by atoms with Gasteiger partial charge in [0.15, 0.2) is 5.65 Å². The third kappa shape index (κ3) is 3.15. The molecule has 0 saturated heterocycles. The number of halogens is 3. The molecule has 0 spiro atoms. The van der Waals surface area contributed by atoms with E-state index in [9.17, 15) is 18.0 Å². The lowest BCUT2D eigenvalue weighted by Crippen LogP contribution is -2.11. The molecular weight excluding hydrogens is 393 g/mol. The molecule has 142 valence electrons. The maximum absolute atomic E-state index is 13.4. The Morgan fingerprint density at radius 2 is 1.89 bits per heavy atom. The molecule has 0 bridgehead atoms. The zero-order valence-corrected chi connectivity index (χ0v) is 15.1. The minimum absolute atomic E-state index is 0.0144. The van der Waals surface area contributed by atoms with E-state index >= 15 is 0 Å². The third-order valence-electron chi connectivity index (χ3n) is 3.92. The molecule has 6 nitrogen and oxygen atoms in total. The average Bonchev–Trinajstić information content (AvgIpc) is 3.14. The van der Waals surface area contributed by atoms with Crippen molar-refractivity contribution in [2.24, 2.45) is 0 Å². The van der Waals surface area contributed by atoms with Crippen LogP contribution < -0.4 is 0 Å². The van der Waals surface area contributed by atoms with Crippen LogP contribution in [-0.4, -0.2) is 32.7 Å². The van der Waals surface area contributed by atoms with E-state index in [4.69, 9.17) is 4.74 Å². The van der Waals surface area contributed by atoms with Crippen LogP contribution >= 0.6 is 11.8 Å². The molecule has 4 aromatic rings. The van der Waals surface area contributed by atoms with Crippen LogP contribution in [0.5, 0.6) is 0 Å². The highest BCUT2D eigenvalue weighted by Crippen LogP contribution is 2.35. The molecule has 0 unspecified atom stereocenters. The topological polar surface area (TPSA) is 69.4 Å². The second-order valence-corrected chi connectivity index (χ2v) is 6.77. The number of carbonyl (C=O) groups is 1. The molecule has 4 rings (SSSR count). The molecule has 0 amide bonds.